The number of ether oxygens (including phenoxy) is 1. The number of rotatable bonds is 6. The van der Waals surface area contributed by atoms with Crippen LogP contribution in [0.15, 0.2) is 0 Å². The number of fused-ring (bicyclic) bond motifs is 1. The van der Waals surface area contributed by atoms with Gasteiger partial charge in [-0.2, -0.15) is 0 Å². The lowest BCUT2D eigenvalue weighted by Crippen LogP contribution is -2.47. The molecule has 0 aromatic carbocycles. The smallest absolute Gasteiger partial charge is 0.330 e. The SMILES string of the molecule is CN(CC(=O)NC1CC1)C(=O)COC(=O)[C@H]1CS[C@@]2(C)CCC(=O)N12. The van der Waals surface area contributed by atoms with Gasteiger partial charge in [-0.1, -0.05) is 0 Å². The highest BCUT2D eigenvalue weighted by Crippen LogP contribution is 2.47. The largest absolute Gasteiger partial charge is 0.454 e. The second-order valence-corrected chi connectivity index (χ2v) is 8.47. The first-order valence-corrected chi connectivity index (χ1v) is 9.45. The van der Waals surface area contributed by atoms with Crippen LogP contribution in [0.2, 0.25) is 0 Å². The molecule has 2 heterocycles. The Balaban J connectivity index is 1.46. The molecular formula is C16H23N3O5S. The van der Waals surface area contributed by atoms with E-state index in [4.69, 9.17) is 4.74 Å². The van der Waals surface area contributed by atoms with Gasteiger partial charge in [0.05, 0.1) is 11.4 Å². The van der Waals surface area contributed by atoms with Gasteiger partial charge in [-0.15, -0.1) is 11.8 Å². The third kappa shape index (κ3) is 3.91. The van der Waals surface area contributed by atoms with Crippen LogP contribution < -0.4 is 5.32 Å². The van der Waals surface area contributed by atoms with Gasteiger partial charge < -0.3 is 19.9 Å². The Hall–Kier alpha value is -1.77. The molecule has 3 amide bonds. The molecule has 9 heteroatoms. The van der Waals surface area contributed by atoms with Gasteiger partial charge in [0.2, 0.25) is 11.8 Å². The Labute approximate surface area is 150 Å². The highest BCUT2D eigenvalue weighted by molar-refractivity contribution is 8.01. The van der Waals surface area contributed by atoms with Crippen molar-refractivity contribution in [2.24, 2.45) is 0 Å². The predicted octanol–water partition coefficient (Wildman–Crippen LogP) is -0.279. The number of esters is 1. The van der Waals surface area contributed by atoms with E-state index in [1.807, 2.05) is 6.92 Å². The highest BCUT2D eigenvalue weighted by atomic mass is 32.2. The summed E-state index contributed by atoms with van der Waals surface area (Å²) in [6.45, 7) is 1.47. The molecule has 0 aromatic rings. The fourth-order valence-electron chi connectivity index (χ4n) is 3.14. The molecule has 8 nitrogen and oxygen atoms in total. The second-order valence-electron chi connectivity index (χ2n) is 6.96. The maximum Gasteiger partial charge on any atom is 0.330 e. The minimum Gasteiger partial charge on any atom is -0.454 e. The standard InChI is InChI=1S/C16H23N3O5S/c1-16-6-5-13(21)19(16)11(9-25-16)15(23)24-8-14(22)18(2)7-12(20)17-10-3-4-10/h10-11H,3-9H2,1-2H3,(H,17,20)/t11-,16+/m1/s1. The van der Waals surface area contributed by atoms with Gasteiger partial charge in [-0.05, 0) is 26.2 Å². The van der Waals surface area contributed by atoms with Crippen LogP contribution in [0.25, 0.3) is 0 Å². The summed E-state index contributed by atoms with van der Waals surface area (Å²) in [6, 6.07) is -0.401. The first-order valence-electron chi connectivity index (χ1n) is 8.46. The molecular weight excluding hydrogens is 346 g/mol. The number of likely N-dealkylation sites (N-methyl/N-ethyl adjacent to an activating group) is 1. The minimum atomic E-state index is -0.638. The molecule has 1 N–H and O–H groups in total. The monoisotopic (exact) mass is 369 g/mol. The lowest BCUT2D eigenvalue weighted by molar-refractivity contribution is -0.158. The summed E-state index contributed by atoms with van der Waals surface area (Å²) in [5, 5.41) is 2.80. The molecule has 1 aliphatic carbocycles. The van der Waals surface area contributed by atoms with E-state index < -0.39 is 24.5 Å². The van der Waals surface area contributed by atoms with Gasteiger partial charge in [0.25, 0.3) is 5.91 Å². The zero-order valence-electron chi connectivity index (χ0n) is 14.4. The van der Waals surface area contributed by atoms with Crippen molar-refractivity contribution in [1.29, 1.82) is 0 Å². The fraction of sp³-hybridized carbons (Fsp3) is 0.750. The van der Waals surface area contributed by atoms with Gasteiger partial charge in [0.15, 0.2) is 6.61 Å². The molecule has 25 heavy (non-hydrogen) atoms. The first kappa shape index (κ1) is 18.0. The van der Waals surface area contributed by atoms with E-state index in [0.717, 1.165) is 19.3 Å². The van der Waals surface area contributed by atoms with Crippen LogP contribution in [0.4, 0.5) is 0 Å². The summed E-state index contributed by atoms with van der Waals surface area (Å²) in [4.78, 5) is 50.5. The van der Waals surface area contributed by atoms with Gasteiger partial charge in [0.1, 0.15) is 6.04 Å². The van der Waals surface area contributed by atoms with E-state index in [2.05, 4.69) is 5.32 Å². The number of hydrogen-bond donors (Lipinski definition) is 1. The summed E-state index contributed by atoms with van der Waals surface area (Å²) in [5.41, 5.74) is 0. The van der Waals surface area contributed by atoms with Crippen molar-refractivity contribution < 1.29 is 23.9 Å². The Kier molecular flexibility index (Phi) is 4.95. The van der Waals surface area contributed by atoms with Crippen molar-refractivity contribution in [3.8, 4) is 0 Å². The Bertz CT molecular complexity index is 609. The zero-order chi connectivity index (χ0) is 18.2. The van der Waals surface area contributed by atoms with Gasteiger partial charge in [0, 0.05) is 25.3 Å². The molecule has 0 aromatic heterocycles. The Morgan fingerprint density at radius 3 is 2.80 bits per heavy atom. The van der Waals surface area contributed by atoms with Crippen molar-refractivity contribution in [2.45, 2.75) is 49.6 Å². The number of thioether (sulfide) groups is 1. The summed E-state index contributed by atoms with van der Waals surface area (Å²) >= 11 is 1.57. The van der Waals surface area contributed by atoms with Crippen molar-refractivity contribution in [3.63, 3.8) is 0 Å². The molecule has 0 radical (unpaired) electrons. The summed E-state index contributed by atoms with van der Waals surface area (Å²) in [7, 11) is 1.50. The quantitative estimate of drug-likeness (QED) is 0.647. The highest BCUT2D eigenvalue weighted by Gasteiger charge is 2.53. The molecule has 2 saturated heterocycles. The molecule has 0 spiro atoms. The lowest BCUT2D eigenvalue weighted by atomic mass is 10.2. The topological polar surface area (TPSA) is 96.0 Å². The molecule has 138 valence electrons. The van der Waals surface area contributed by atoms with E-state index in [9.17, 15) is 19.2 Å². The Morgan fingerprint density at radius 1 is 1.40 bits per heavy atom. The molecule has 3 aliphatic rings. The van der Waals surface area contributed by atoms with E-state index in [1.54, 1.807) is 16.7 Å². The summed E-state index contributed by atoms with van der Waals surface area (Å²) < 4.78 is 5.12. The number of nitrogens with zero attached hydrogens (tertiary/aromatic N) is 2. The van der Waals surface area contributed by atoms with Crippen molar-refractivity contribution in [2.75, 3.05) is 26.0 Å². The summed E-state index contributed by atoms with van der Waals surface area (Å²) in [5.74, 6) is -0.782. The van der Waals surface area contributed by atoms with E-state index in [-0.39, 0.29) is 29.3 Å². The second kappa shape index (κ2) is 6.86. The average molecular weight is 369 g/mol. The number of hydrogen-bond acceptors (Lipinski definition) is 6. The van der Waals surface area contributed by atoms with Crippen LogP contribution in [-0.2, 0) is 23.9 Å². The molecule has 2 aliphatic heterocycles. The predicted molar refractivity (Wildman–Crippen MR) is 90.5 cm³/mol. The maximum absolute atomic E-state index is 12.3. The molecule has 2 atom stereocenters. The van der Waals surface area contributed by atoms with E-state index >= 15 is 0 Å². The lowest BCUT2D eigenvalue weighted by Gasteiger charge is -2.29. The average Bonchev–Trinajstić information content (AvgIpc) is 3.22. The number of carbonyl (C=O) groups is 4. The van der Waals surface area contributed by atoms with Crippen LogP contribution in [0, 0.1) is 0 Å². The van der Waals surface area contributed by atoms with Crippen LogP contribution in [-0.4, -0.2) is 76.4 Å². The fourth-order valence-corrected chi connectivity index (χ4v) is 4.56. The molecule has 0 bridgehead atoms. The summed E-state index contributed by atoms with van der Waals surface area (Å²) in [6.07, 6.45) is 3.12. The third-order valence-corrected chi connectivity index (χ3v) is 6.31. The normalized spacial score (nSPS) is 27.8. The van der Waals surface area contributed by atoms with Crippen molar-refractivity contribution in [3.05, 3.63) is 0 Å². The zero-order valence-corrected chi connectivity index (χ0v) is 15.3. The van der Waals surface area contributed by atoms with Crippen LogP contribution in [0.1, 0.15) is 32.6 Å². The van der Waals surface area contributed by atoms with Gasteiger partial charge >= 0.3 is 5.97 Å². The van der Waals surface area contributed by atoms with Crippen LogP contribution in [0.3, 0.4) is 0 Å². The molecule has 3 rings (SSSR count). The molecule has 3 fully saturated rings. The Morgan fingerprint density at radius 2 is 2.12 bits per heavy atom. The molecule has 1 saturated carbocycles. The number of carbonyl (C=O) groups excluding carboxylic acids is 4. The van der Waals surface area contributed by atoms with Gasteiger partial charge in [-0.25, -0.2) is 4.79 Å². The van der Waals surface area contributed by atoms with Crippen molar-refractivity contribution >= 4 is 35.5 Å². The first-order chi connectivity index (χ1) is 11.8. The van der Waals surface area contributed by atoms with Gasteiger partial charge in [-0.3, -0.25) is 14.4 Å². The maximum atomic E-state index is 12.3. The van der Waals surface area contributed by atoms with Crippen LogP contribution >= 0.6 is 11.8 Å². The number of amides is 3. The third-order valence-electron chi connectivity index (χ3n) is 4.80. The minimum absolute atomic E-state index is 0.0466. The molecule has 0 unspecified atom stereocenters. The number of nitrogens with one attached hydrogen (secondary N) is 1. The van der Waals surface area contributed by atoms with Crippen molar-refractivity contribution in [1.82, 2.24) is 15.1 Å². The van der Waals surface area contributed by atoms with Crippen LogP contribution in [0.5, 0.6) is 0 Å². The van der Waals surface area contributed by atoms with E-state index in [0.29, 0.717) is 12.2 Å². The van der Waals surface area contributed by atoms with E-state index in [1.165, 1.54) is 11.9 Å².